The highest BCUT2D eigenvalue weighted by atomic mass is 16.3. The summed E-state index contributed by atoms with van der Waals surface area (Å²) in [4.78, 5) is 31.8. The Labute approximate surface area is 175 Å². The van der Waals surface area contributed by atoms with Crippen molar-refractivity contribution in [3.05, 3.63) is 83.4 Å². The monoisotopic (exact) mass is 403 g/mol. The minimum absolute atomic E-state index is 0.135. The topological polar surface area (TPSA) is 75.4 Å². The number of carbonyl (C=O) groups excluding carboxylic acids is 2. The van der Waals surface area contributed by atoms with E-state index >= 15 is 0 Å². The van der Waals surface area contributed by atoms with Crippen molar-refractivity contribution in [3.63, 3.8) is 0 Å². The highest BCUT2D eigenvalue weighted by molar-refractivity contribution is 6.40. The zero-order valence-corrected chi connectivity index (χ0v) is 17.2. The number of phenolic OH excluding ortho intramolecular Hbond substituents is 1. The summed E-state index contributed by atoms with van der Waals surface area (Å²) in [7, 11) is 0. The molecule has 0 saturated carbocycles. The Morgan fingerprint density at radius 2 is 1.70 bits per heavy atom. The molecule has 1 aliphatic heterocycles. The number of imidazole rings is 1. The molecule has 2 heterocycles. The molecule has 1 fully saturated rings. The van der Waals surface area contributed by atoms with Crippen LogP contribution in [0.3, 0.4) is 0 Å². The van der Waals surface area contributed by atoms with Gasteiger partial charge in [-0.05, 0) is 54.7 Å². The van der Waals surface area contributed by atoms with E-state index in [0.29, 0.717) is 6.54 Å². The van der Waals surface area contributed by atoms with Crippen LogP contribution in [0, 0.1) is 13.8 Å². The summed E-state index contributed by atoms with van der Waals surface area (Å²) in [5, 5.41) is 9.66. The molecular weight excluding hydrogens is 378 g/mol. The lowest BCUT2D eigenvalue weighted by Gasteiger charge is -2.28. The molecule has 0 aliphatic carbocycles. The van der Waals surface area contributed by atoms with Gasteiger partial charge in [0.2, 0.25) is 5.78 Å². The zero-order valence-electron chi connectivity index (χ0n) is 17.2. The van der Waals surface area contributed by atoms with Gasteiger partial charge in [-0.3, -0.25) is 9.59 Å². The number of aromatic hydroxyl groups is 1. The Bertz CT molecular complexity index is 1060. The van der Waals surface area contributed by atoms with Crippen LogP contribution in [0.25, 0.3) is 0 Å². The van der Waals surface area contributed by atoms with E-state index in [-0.39, 0.29) is 11.8 Å². The lowest BCUT2D eigenvalue weighted by Crippen LogP contribution is -2.31. The predicted molar refractivity (Wildman–Crippen MR) is 113 cm³/mol. The Morgan fingerprint density at radius 1 is 0.967 bits per heavy atom. The van der Waals surface area contributed by atoms with Crippen LogP contribution in [0.1, 0.15) is 40.6 Å². The van der Waals surface area contributed by atoms with E-state index in [4.69, 9.17) is 0 Å². The number of ketones is 1. The second kappa shape index (κ2) is 8.14. The molecule has 2 aromatic carbocycles. The van der Waals surface area contributed by atoms with Crippen molar-refractivity contribution < 1.29 is 14.7 Å². The number of rotatable bonds is 6. The van der Waals surface area contributed by atoms with Gasteiger partial charge in [0.1, 0.15) is 5.75 Å². The number of carbonyl (C=O) groups is 2. The number of aromatic nitrogens is 2. The summed E-state index contributed by atoms with van der Waals surface area (Å²) < 4.78 is 1.96. The molecule has 154 valence electrons. The van der Waals surface area contributed by atoms with Crippen LogP contribution < -0.4 is 0 Å². The molecule has 0 spiro atoms. The fourth-order valence-electron chi connectivity index (χ4n) is 4.14. The van der Waals surface area contributed by atoms with E-state index in [1.54, 1.807) is 41.7 Å². The van der Waals surface area contributed by atoms with Gasteiger partial charge in [0.15, 0.2) is 0 Å². The summed E-state index contributed by atoms with van der Waals surface area (Å²) >= 11 is 0. The molecule has 30 heavy (non-hydrogen) atoms. The molecule has 1 amide bonds. The van der Waals surface area contributed by atoms with Crippen LogP contribution in [0.4, 0.5) is 0 Å². The highest BCUT2D eigenvalue weighted by Gasteiger charge is 2.48. The standard InChI is InChI=1S/C24H25N3O3/c1-16-4-5-19(14-17(16)2)22-21(18-6-8-20(28)9-7-18)23(29)24(30)27(22)12-3-11-26-13-10-25-15-26/h4-10,13-15,21-22,28H,3,11-12H2,1-2H3. The summed E-state index contributed by atoms with van der Waals surface area (Å²) in [5.41, 5.74) is 3.99. The molecule has 2 unspecified atom stereocenters. The van der Waals surface area contributed by atoms with Crippen LogP contribution in [0.5, 0.6) is 5.75 Å². The number of benzene rings is 2. The lowest BCUT2D eigenvalue weighted by atomic mass is 9.86. The molecule has 0 radical (unpaired) electrons. The van der Waals surface area contributed by atoms with E-state index < -0.39 is 17.6 Å². The number of nitrogens with zero attached hydrogens (tertiary/aromatic N) is 3. The third-order valence-corrected chi connectivity index (χ3v) is 5.90. The van der Waals surface area contributed by atoms with Crippen molar-refractivity contribution in [1.29, 1.82) is 0 Å². The number of aryl methyl sites for hydroxylation is 3. The van der Waals surface area contributed by atoms with Gasteiger partial charge >= 0.3 is 0 Å². The molecule has 1 aliphatic rings. The maximum Gasteiger partial charge on any atom is 0.291 e. The molecule has 6 heteroatoms. The fourth-order valence-corrected chi connectivity index (χ4v) is 4.14. The molecule has 4 rings (SSSR count). The van der Waals surface area contributed by atoms with Crippen molar-refractivity contribution in [2.75, 3.05) is 6.54 Å². The molecule has 1 saturated heterocycles. The van der Waals surface area contributed by atoms with Gasteiger partial charge in [-0.25, -0.2) is 4.98 Å². The van der Waals surface area contributed by atoms with E-state index in [1.807, 2.05) is 36.7 Å². The van der Waals surface area contributed by atoms with Gasteiger partial charge in [-0.1, -0.05) is 30.3 Å². The Morgan fingerprint density at radius 3 is 2.37 bits per heavy atom. The van der Waals surface area contributed by atoms with Crippen LogP contribution in [-0.4, -0.2) is 37.8 Å². The van der Waals surface area contributed by atoms with Crippen LogP contribution in [-0.2, 0) is 16.1 Å². The van der Waals surface area contributed by atoms with E-state index in [0.717, 1.165) is 29.7 Å². The SMILES string of the molecule is Cc1ccc(C2C(c3ccc(O)cc3)C(=O)C(=O)N2CCCn2ccnc2)cc1C. The van der Waals surface area contributed by atoms with Crippen LogP contribution in [0.2, 0.25) is 0 Å². The number of amides is 1. The minimum Gasteiger partial charge on any atom is -0.508 e. The van der Waals surface area contributed by atoms with Crippen molar-refractivity contribution in [1.82, 2.24) is 14.5 Å². The van der Waals surface area contributed by atoms with Gasteiger partial charge in [0.25, 0.3) is 5.91 Å². The number of likely N-dealkylation sites (tertiary alicyclic amines) is 1. The summed E-state index contributed by atoms with van der Waals surface area (Å²) in [6.07, 6.45) is 6.08. The Kier molecular flexibility index (Phi) is 5.40. The minimum atomic E-state index is -0.589. The largest absolute Gasteiger partial charge is 0.508 e. The van der Waals surface area contributed by atoms with Crippen molar-refractivity contribution in [2.45, 2.75) is 38.8 Å². The third-order valence-electron chi connectivity index (χ3n) is 5.90. The first kappa shape index (κ1) is 19.9. The average Bonchev–Trinajstić information content (AvgIpc) is 3.33. The molecule has 1 aromatic heterocycles. The number of hydrogen-bond donors (Lipinski definition) is 1. The van der Waals surface area contributed by atoms with E-state index in [9.17, 15) is 14.7 Å². The van der Waals surface area contributed by atoms with Gasteiger partial charge in [-0.2, -0.15) is 0 Å². The van der Waals surface area contributed by atoms with Crippen LogP contribution >= 0.6 is 0 Å². The predicted octanol–water partition coefficient (Wildman–Crippen LogP) is 3.53. The van der Waals surface area contributed by atoms with Crippen molar-refractivity contribution in [3.8, 4) is 5.75 Å². The average molecular weight is 403 g/mol. The molecule has 1 N–H and O–H groups in total. The van der Waals surface area contributed by atoms with Gasteiger partial charge in [0, 0.05) is 25.5 Å². The first-order valence-corrected chi connectivity index (χ1v) is 10.1. The quantitative estimate of drug-likeness (QED) is 0.639. The highest BCUT2D eigenvalue weighted by Crippen LogP contribution is 2.43. The fraction of sp³-hybridized carbons (Fsp3) is 0.292. The first-order valence-electron chi connectivity index (χ1n) is 10.1. The zero-order chi connectivity index (χ0) is 21.3. The first-order chi connectivity index (χ1) is 14.5. The molecular formula is C24H25N3O3. The normalized spacial score (nSPS) is 18.9. The second-order valence-corrected chi connectivity index (χ2v) is 7.87. The number of Topliss-reactive ketones (excluding diaryl/α,β-unsaturated/α-hetero) is 1. The second-order valence-electron chi connectivity index (χ2n) is 7.87. The summed E-state index contributed by atoms with van der Waals surface area (Å²) in [5.74, 6) is -1.29. The van der Waals surface area contributed by atoms with Gasteiger partial charge < -0.3 is 14.6 Å². The smallest absolute Gasteiger partial charge is 0.291 e. The number of hydrogen-bond acceptors (Lipinski definition) is 4. The Balaban J connectivity index is 1.69. The lowest BCUT2D eigenvalue weighted by molar-refractivity contribution is -0.140. The molecule has 2 atom stereocenters. The number of phenols is 1. The van der Waals surface area contributed by atoms with E-state index in [2.05, 4.69) is 11.1 Å². The summed E-state index contributed by atoms with van der Waals surface area (Å²) in [6.45, 7) is 5.29. The third kappa shape index (κ3) is 3.73. The summed E-state index contributed by atoms with van der Waals surface area (Å²) in [6, 6.07) is 12.3. The maximum absolute atomic E-state index is 13.1. The molecule has 0 bridgehead atoms. The van der Waals surface area contributed by atoms with Crippen LogP contribution in [0.15, 0.2) is 61.2 Å². The Hall–Kier alpha value is -3.41. The van der Waals surface area contributed by atoms with Crippen molar-refractivity contribution in [2.24, 2.45) is 0 Å². The van der Waals surface area contributed by atoms with Gasteiger partial charge in [-0.15, -0.1) is 0 Å². The molecule has 6 nitrogen and oxygen atoms in total. The van der Waals surface area contributed by atoms with Crippen molar-refractivity contribution >= 4 is 11.7 Å². The molecule has 3 aromatic rings. The maximum atomic E-state index is 13.1. The van der Waals surface area contributed by atoms with E-state index in [1.165, 1.54) is 5.56 Å². The van der Waals surface area contributed by atoms with Gasteiger partial charge in [0.05, 0.1) is 18.3 Å².